The Kier molecular flexibility index (Phi) is 4.64. The number of benzene rings is 3. The summed E-state index contributed by atoms with van der Waals surface area (Å²) in [5.74, 6) is -0.0140. The van der Waals surface area contributed by atoms with E-state index in [1.807, 2.05) is 30.3 Å². The molecule has 28 heavy (non-hydrogen) atoms. The van der Waals surface area contributed by atoms with E-state index in [1.54, 1.807) is 18.2 Å². The minimum absolute atomic E-state index is 0.259. The van der Waals surface area contributed by atoms with Crippen molar-refractivity contribution in [1.82, 2.24) is 0 Å². The molecule has 0 aliphatic carbocycles. The van der Waals surface area contributed by atoms with E-state index in [1.165, 1.54) is 0 Å². The molecule has 3 aromatic rings. The number of hydrogen-bond donors (Lipinski definition) is 2. The van der Waals surface area contributed by atoms with Crippen LogP contribution in [-0.2, 0) is 0 Å². The van der Waals surface area contributed by atoms with E-state index in [2.05, 4.69) is 35.3 Å². The Labute approximate surface area is 163 Å². The van der Waals surface area contributed by atoms with E-state index >= 15 is 0 Å². The van der Waals surface area contributed by atoms with E-state index < -0.39 is 5.91 Å². The van der Waals surface area contributed by atoms with Crippen LogP contribution < -0.4 is 16.2 Å². The molecule has 4 N–H and O–H groups in total. The van der Waals surface area contributed by atoms with Crippen LogP contribution in [0.5, 0.6) is 5.75 Å². The molecule has 0 fully saturated rings. The molecule has 0 saturated heterocycles. The van der Waals surface area contributed by atoms with Gasteiger partial charge in [-0.05, 0) is 52.6 Å². The highest BCUT2D eigenvalue weighted by molar-refractivity contribution is 6.03. The predicted octanol–water partition coefficient (Wildman–Crippen LogP) is 3.59. The molecule has 0 atom stereocenters. The Morgan fingerprint density at radius 3 is 2.39 bits per heavy atom. The Morgan fingerprint density at radius 2 is 1.61 bits per heavy atom. The van der Waals surface area contributed by atoms with Crippen LogP contribution >= 0.6 is 0 Å². The van der Waals surface area contributed by atoms with Gasteiger partial charge < -0.3 is 16.2 Å². The summed E-state index contributed by atoms with van der Waals surface area (Å²) in [6, 6.07) is 23.7. The van der Waals surface area contributed by atoms with Crippen molar-refractivity contribution >= 4 is 17.4 Å². The third-order valence-electron chi connectivity index (χ3n) is 4.55. The van der Waals surface area contributed by atoms with Crippen molar-refractivity contribution in [3.8, 4) is 16.9 Å². The maximum absolute atomic E-state index is 12.2. The fraction of sp³-hybridized carbons (Fsp3) is 0.0435. The fourth-order valence-electron chi connectivity index (χ4n) is 3.28. The first-order valence-electron chi connectivity index (χ1n) is 8.89. The molecule has 1 aliphatic rings. The van der Waals surface area contributed by atoms with Crippen LogP contribution in [0, 0.1) is 0 Å². The second-order valence-corrected chi connectivity index (χ2v) is 6.43. The average Bonchev–Trinajstić information content (AvgIpc) is 2.73. The SMILES string of the molecule is NC(N)=NC(=O)c1ccc2c(c1)C(c1cccc(-c3ccccc3)c1)=CCO2. The quantitative estimate of drug-likeness (QED) is 0.545. The summed E-state index contributed by atoms with van der Waals surface area (Å²) in [5.41, 5.74) is 16.2. The summed E-state index contributed by atoms with van der Waals surface area (Å²) in [5, 5.41) is 0. The van der Waals surface area contributed by atoms with E-state index in [0.717, 1.165) is 33.6 Å². The van der Waals surface area contributed by atoms with Gasteiger partial charge in [0.1, 0.15) is 12.4 Å². The Balaban J connectivity index is 1.76. The molecule has 1 heterocycles. The number of ether oxygens (including phenoxy) is 1. The molecular formula is C23H19N3O2. The van der Waals surface area contributed by atoms with Crippen LogP contribution in [0.4, 0.5) is 0 Å². The largest absolute Gasteiger partial charge is 0.489 e. The van der Waals surface area contributed by atoms with Crippen molar-refractivity contribution in [3.05, 3.63) is 95.6 Å². The zero-order chi connectivity index (χ0) is 19.5. The molecule has 0 saturated carbocycles. The van der Waals surface area contributed by atoms with Gasteiger partial charge in [-0.3, -0.25) is 4.79 Å². The highest BCUT2D eigenvalue weighted by Gasteiger charge is 2.18. The lowest BCUT2D eigenvalue weighted by atomic mass is 9.92. The zero-order valence-electron chi connectivity index (χ0n) is 15.1. The number of guanidine groups is 1. The van der Waals surface area contributed by atoms with Crippen molar-refractivity contribution in [2.75, 3.05) is 6.61 Å². The van der Waals surface area contributed by atoms with Gasteiger partial charge in [-0.15, -0.1) is 0 Å². The van der Waals surface area contributed by atoms with Crippen LogP contribution in [0.25, 0.3) is 16.7 Å². The van der Waals surface area contributed by atoms with Gasteiger partial charge in [-0.25, -0.2) is 0 Å². The van der Waals surface area contributed by atoms with Gasteiger partial charge in [0.05, 0.1) is 0 Å². The monoisotopic (exact) mass is 369 g/mol. The number of nitrogens with two attached hydrogens (primary N) is 2. The number of rotatable bonds is 3. The zero-order valence-corrected chi connectivity index (χ0v) is 15.1. The minimum atomic E-state index is -0.481. The first-order valence-corrected chi connectivity index (χ1v) is 8.89. The fourth-order valence-corrected chi connectivity index (χ4v) is 3.28. The molecule has 0 spiro atoms. The number of amides is 1. The Morgan fingerprint density at radius 1 is 0.857 bits per heavy atom. The lowest BCUT2D eigenvalue weighted by Gasteiger charge is -2.20. The van der Waals surface area contributed by atoms with Crippen molar-refractivity contribution in [2.24, 2.45) is 16.5 Å². The van der Waals surface area contributed by atoms with Gasteiger partial charge >= 0.3 is 0 Å². The third-order valence-corrected chi connectivity index (χ3v) is 4.55. The van der Waals surface area contributed by atoms with Gasteiger partial charge in [0.15, 0.2) is 5.96 Å². The number of aliphatic imine (C=N–C) groups is 1. The van der Waals surface area contributed by atoms with Crippen molar-refractivity contribution in [2.45, 2.75) is 0 Å². The highest BCUT2D eigenvalue weighted by Crippen LogP contribution is 2.36. The number of fused-ring (bicyclic) bond motifs is 1. The highest BCUT2D eigenvalue weighted by atomic mass is 16.5. The van der Waals surface area contributed by atoms with Crippen molar-refractivity contribution in [1.29, 1.82) is 0 Å². The summed E-state index contributed by atoms with van der Waals surface area (Å²) >= 11 is 0. The maximum Gasteiger partial charge on any atom is 0.280 e. The van der Waals surface area contributed by atoms with Gasteiger partial charge in [-0.2, -0.15) is 4.99 Å². The smallest absolute Gasteiger partial charge is 0.280 e. The van der Waals surface area contributed by atoms with E-state index in [9.17, 15) is 4.79 Å². The van der Waals surface area contributed by atoms with Crippen molar-refractivity contribution in [3.63, 3.8) is 0 Å². The maximum atomic E-state index is 12.2. The van der Waals surface area contributed by atoms with E-state index in [4.69, 9.17) is 16.2 Å². The number of hydrogen-bond acceptors (Lipinski definition) is 2. The summed E-state index contributed by atoms with van der Waals surface area (Å²) < 4.78 is 5.73. The molecule has 1 aliphatic heterocycles. The number of nitrogens with zero attached hydrogens (tertiary/aromatic N) is 1. The molecule has 0 aromatic heterocycles. The molecule has 4 rings (SSSR count). The third kappa shape index (κ3) is 3.50. The number of carbonyl (C=O) groups excluding carboxylic acids is 1. The van der Waals surface area contributed by atoms with E-state index in [0.29, 0.717) is 12.2 Å². The molecule has 5 heteroatoms. The standard InChI is InChI=1S/C23H19N3O2/c24-23(25)26-22(27)18-9-10-21-20(14-18)19(11-12-28-21)17-8-4-7-16(13-17)15-5-2-1-3-6-15/h1-11,13-14H,12H2,(H4,24,25,26,27). The molecule has 0 radical (unpaired) electrons. The van der Waals surface area contributed by atoms with Gasteiger partial charge in [0.25, 0.3) is 5.91 Å². The van der Waals surface area contributed by atoms with Crippen LogP contribution in [-0.4, -0.2) is 18.5 Å². The molecule has 1 amide bonds. The molecule has 0 unspecified atom stereocenters. The predicted molar refractivity (Wildman–Crippen MR) is 111 cm³/mol. The first kappa shape index (κ1) is 17.5. The molecule has 0 bridgehead atoms. The van der Waals surface area contributed by atoms with Gasteiger partial charge in [-0.1, -0.05) is 48.5 Å². The lowest BCUT2D eigenvalue weighted by Crippen LogP contribution is -2.24. The summed E-state index contributed by atoms with van der Waals surface area (Å²) in [4.78, 5) is 15.8. The minimum Gasteiger partial charge on any atom is -0.489 e. The lowest BCUT2D eigenvalue weighted by molar-refractivity contribution is 0.100. The summed E-state index contributed by atoms with van der Waals surface area (Å²) in [7, 11) is 0. The first-order chi connectivity index (χ1) is 13.6. The van der Waals surface area contributed by atoms with Crippen LogP contribution in [0.1, 0.15) is 21.5 Å². The number of carbonyl (C=O) groups is 1. The average molecular weight is 369 g/mol. The topological polar surface area (TPSA) is 90.7 Å². The summed E-state index contributed by atoms with van der Waals surface area (Å²) in [6.45, 7) is 0.471. The second kappa shape index (κ2) is 7.40. The van der Waals surface area contributed by atoms with Gasteiger partial charge in [0, 0.05) is 11.1 Å². The summed E-state index contributed by atoms with van der Waals surface area (Å²) in [6.07, 6.45) is 2.02. The second-order valence-electron chi connectivity index (χ2n) is 6.43. The van der Waals surface area contributed by atoms with E-state index in [-0.39, 0.29) is 5.96 Å². The molecule has 5 nitrogen and oxygen atoms in total. The van der Waals surface area contributed by atoms with Crippen molar-refractivity contribution < 1.29 is 9.53 Å². The molecule has 138 valence electrons. The van der Waals surface area contributed by atoms with Crippen LogP contribution in [0.15, 0.2) is 83.9 Å². The molecule has 3 aromatic carbocycles. The van der Waals surface area contributed by atoms with Crippen LogP contribution in [0.3, 0.4) is 0 Å². The van der Waals surface area contributed by atoms with Gasteiger partial charge in [0.2, 0.25) is 0 Å². The Bertz CT molecular complexity index is 1100. The molecular weight excluding hydrogens is 350 g/mol. The normalized spacial score (nSPS) is 12.4. The van der Waals surface area contributed by atoms with Crippen LogP contribution in [0.2, 0.25) is 0 Å². The Hall–Kier alpha value is -3.86.